The number of benzene rings is 1. The first-order valence-corrected chi connectivity index (χ1v) is 8.31. The van der Waals surface area contributed by atoms with Crippen molar-refractivity contribution in [2.24, 2.45) is 7.05 Å². The van der Waals surface area contributed by atoms with Crippen LogP contribution in [0.5, 0.6) is 0 Å². The standard InChI is InChI=1S/C14H20N4O2S/c1-15-9-12-4-3-5-13(8-12)11-21(19,20)17-10-14-16-6-7-18(14)2/h3-8,15,17H,9-11H2,1-2H3. The highest BCUT2D eigenvalue weighted by atomic mass is 32.2. The van der Waals surface area contributed by atoms with Crippen LogP contribution in [0, 0.1) is 0 Å². The quantitative estimate of drug-likeness (QED) is 0.792. The molecule has 1 aromatic carbocycles. The maximum absolute atomic E-state index is 12.1. The molecule has 7 heteroatoms. The maximum atomic E-state index is 12.1. The first kappa shape index (κ1) is 15.7. The summed E-state index contributed by atoms with van der Waals surface area (Å²) in [5.41, 5.74) is 1.84. The number of aryl methyl sites for hydroxylation is 1. The number of nitrogens with zero attached hydrogens (tertiary/aromatic N) is 2. The SMILES string of the molecule is CNCc1cccc(CS(=O)(=O)NCc2nccn2C)c1. The minimum absolute atomic E-state index is 0.0328. The van der Waals surface area contributed by atoms with Gasteiger partial charge in [-0.1, -0.05) is 24.3 Å². The van der Waals surface area contributed by atoms with Crippen molar-refractivity contribution in [3.05, 3.63) is 53.6 Å². The molecule has 0 bridgehead atoms. The molecule has 2 N–H and O–H groups in total. The second-order valence-corrected chi connectivity index (χ2v) is 6.69. The van der Waals surface area contributed by atoms with Crippen LogP contribution in [0.3, 0.4) is 0 Å². The average molecular weight is 308 g/mol. The molecule has 0 atom stereocenters. The van der Waals surface area contributed by atoms with Gasteiger partial charge >= 0.3 is 0 Å². The summed E-state index contributed by atoms with van der Waals surface area (Å²) in [7, 11) is 0.307. The zero-order valence-corrected chi connectivity index (χ0v) is 13.0. The van der Waals surface area contributed by atoms with Crippen LogP contribution in [0.15, 0.2) is 36.7 Å². The van der Waals surface area contributed by atoms with Gasteiger partial charge in [-0.05, 0) is 18.2 Å². The number of nitrogens with one attached hydrogen (secondary N) is 2. The van der Waals surface area contributed by atoms with E-state index in [2.05, 4.69) is 15.0 Å². The third-order valence-corrected chi connectivity index (χ3v) is 4.40. The average Bonchev–Trinajstić information content (AvgIpc) is 2.82. The van der Waals surface area contributed by atoms with Gasteiger partial charge in [0.25, 0.3) is 0 Å². The van der Waals surface area contributed by atoms with Gasteiger partial charge < -0.3 is 9.88 Å². The van der Waals surface area contributed by atoms with Gasteiger partial charge in [0, 0.05) is 26.0 Å². The van der Waals surface area contributed by atoms with Crippen LogP contribution in [0.4, 0.5) is 0 Å². The third kappa shape index (κ3) is 4.66. The number of aromatic nitrogens is 2. The van der Waals surface area contributed by atoms with Crippen LogP contribution in [-0.2, 0) is 35.9 Å². The Balaban J connectivity index is 2.00. The molecule has 2 aromatic rings. The summed E-state index contributed by atoms with van der Waals surface area (Å²) >= 11 is 0. The molecule has 114 valence electrons. The van der Waals surface area contributed by atoms with Crippen molar-refractivity contribution in [1.29, 1.82) is 0 Å². The van der Waals surface area contributed by atoms with Gasteiger partial charge in [0.1, 0.15) is 5.82 Å². The highest BCUT2D eigenvalue weighted by Crippen LogP contribution is 2.09. The summed E-state index contributed by atoms with van der Waals surface area (Å²) in [5.74, 6) is 0.650. The number of hydrogen-bond donors (Lipinski definition) is 2. The zero-order chi connectivity index (χ0) is 15.3. The summed E-state index contributed by atoms with van der Waals surface area (Å²) in [4.78, 5) is 4.09. The van der Waals surface area contributed by atoms with Gasteiger partial charge in [-0.3, -0.25) is 0 Å². The van der Waals surface area contributed by atoms with Crippen molar-refractivity contribution in [1.82, 2.24) is 19.6 Å². The van der Waals surface area contributed by atoms with E-state index in [0.29, 0.717) is 12.4 Å². The largest absolute Gasteiger partial charge is 0.337 e. The number of sulfonamides is 1. The molecule has 0 unspecified atom stereocenters. The van der Waals surface area contributed by atoms with Crippen LogP contribution >= 0.6 is 0 Å². The van der Waals surface area contributed by atoms with Gasteiger partial charge in [0.15, 0.2) is 0 Å². The summed E-state index contributed by atoms with van der Waals surface area (Å²) in [6, 6.07) is 7.56. The van der Waals surface area contributed by atoms with Crippen LogP contribution in [0.1, 0.15) is 17.0 Å². The van der Waals surface area contributed by atoms with E-state index in [-0.39, 0.29) is 12.3 Å². The fourth-order valence-corrected chi connectivity index (χ4v) is 3.11. The van der Waals surface area contributed by atoms with Crippen LogP contribution < -0.4 is 10.0 Å². The molecule has 6 nitrogen and oxygen atoms in total. The summed E-state index contributed by atoms with van der Waals surface area (Å²) in [5, 5.41) is 3.05. The fraction of sp³-hybridized carbons (Fsp3) is 0.357. The molecule has 0 radical (unpaired) electrons. The number of imidazole rings is 1. The molecular formula is C14H20N4O2S. The lowest BCUT2D eigenvalue weighted by molar-refractivity contribution is 0.576. The highest BCUT2D eigenvalue weighted by molar-refractivity contribution is 7.88. The zero-order valence-electron chi connectivity index (χ0n) is 12.2. The monoisotopic (exact) mass is 308 g/mol. The van der Waals surface area contributed by atoms with Gasteiger partial charge in [0.2, 0.25) is 10.0 Å². The Morgan fingerprint density at radius 2 is 2.00 bits per heavy atom. The third-order valence-electron chi connectivity index (χ3n) is 3.10. The lowest BCUT2D eigenvalue weighted by Gasteiger charge is -2.08. The Labute approximate surface area is 125 Å². The van der Waals surface area contributed by atoms with Gasteiger partial charge in [-0.15, -0.1) is 0 Å². The van der Waals surface area contributed by atoms with E-state index in [1.165, 1.54) is 0 Å². The molecule has 0 spiro atoms. The molecule has 0 saturated heterocycles. The summed E-state index contributed by atoms with van der Waals surface area (Å²) in [6.45, 7) is 0.913. The molecular weight excluding hydrogens is 288 g/mol. The second kappa shape index (κ2) is 6.84. The molecule has 0 aliphatic carbocycles. The van der Waals surface area contributed by atoms with E-state index in [0.717, 1.165) is 11.1 Å². The lowest BCUT2D eigenvalue weighted by atomic mass is 10.1. The van der Waals surface area contributed by atoms with Gasteiger partial charge in [-0.2, -0.15) is 0 Å². The predicted molar refractivity (Wildman–Crippen MR) is 81.9 cm³/mol. The van der Waals surface area contributed by atoms with Crippen LogP contribution in [0.2, 0.25) is 0 Å². The lowest BCUT2D eigenvalue weighted by Crippen LogP contribution is -2.26. The molecule has 0 aliphatic rings. The Morgan fingerprint density at radius 3 is 2.67 bits per heavy atom. The number of rotatable bonds is 7. The van der Waals surface area contributed by atoms with E-state index in [1.807, 2.05) is 38.4 Å². The molecule has 0 amide bonds. The van der Waals surface area contributed by atoms with Crippen molar-refractivity contribution in [2.75, 3.05) is 7.05 Å². The molecule has 0 aliphatic heterocycles. The van der Waals surface area contributed by atoms with E-state index in [9.17, 15) is 8.42 Å². The Bertz CT molecular complexity index is 695. The van der Waals surface area contributed by atoms with Crippen molar-refractivity contribution < 1.29 is 8.42 Å². The van der Waals surface area contributed by atoms with Crippen LogP contribution in [0.25, 0.3) is 0 Å². The minimum Gasteiger partial charge on any atom is -0.337 e. The predicted octanol–water partition coefficient (Wildman–Crippen LogP) is 0.759. The summed E-state index contributed by atoms with van der Waals surface area (Å²) in [6.07, 6.45) is 3.43. The molecule has 2 rings (SSSR count). The van der Waals surface area contributed by atoms with E-state index in [1.54, 1.807) is 17.0 Å². The summed E-state index contributed by atoms with van der Waals surface area (Å²) < 4.78 is 28.6. The van der Waals surface area contributed by atoms with Crippen molar-refractivity contribution in [3.8, 4) is 0 Å². The Morgan fingerprint density at radius 1 is 1.24 bits per heavy atom. The van der Waals surface area contributed by atoms with Gasteiger partial charge in [-0.25, -0.2) is 18.1 Å². The van der Waals surface area contributed by atoms with Crippen molar-refractivity contribution in [2.45, 2.75) is 18.8 Å². The minimum atomic E-state index is -3.38. The Kier molecular flexibility index (Phi) is 5.11. The Hall–Kier alpha value is -1.70. The first-order chi connectivity index (χ1) is 10.00. The highest BCUT2D eigenvalue weighted by Gasteiger charge is 2.12. The number of hydrogen-bond acceptors (Lipinski definition) is 4. The van der Waals surface area contributed by atoms with E-state index < -0.39 is 10.0 Å². The van der Waals surface area contributed by atoms with E-state index >= 15 is 0 Å². The second-order valence-electron chi connectivity index (χ2n) is 4.88. The molecule has 0 fully saturated rings. The molecule has 1 heterocycles. The van der Waals surface area contributed by atoms with Gasteiger partial charge in [0.05, 0.1) is 12.3 Å². The molecule has 21 heavy (non-hydrogen) atoms. The first-order valence-electron chi connectivity index (χ1n) is 6.66. The topological polar surface area (TPSA) is 76.0 Å². The van der Waals surface area contributed by atoms with Crippen molar-refractivity contribution in [3.63, 3.8) is 0 Å². The maximum Gasteiger partial charge on any atom is 0.216 e. The molecule has 1 aromatic heterocycles. The molecule has 0 saturated carbocycles. The van der Waals surface area contributed by atoms with E-state index in [4.69, 9.17) is 0 Å². The fourth-order valence-electron chi connectivity index (χ4n) is 2.05. The van der Waals surface area contributed by atoms with Crippen molar-refractivity contribution >= 4 is 10.0 Å². The van der Waals surface area contributed by atoms with Crippen LogP contribution in [-0.4, -0.2) is 25.0 Å². The smallest absolute Gasteiger partial charge is 0.216 e. The normalized spacial score (nSPS) is 11.7.